The molecule has 2 aromatic carbocycles. The zero-order valence-electron chi connectivity index (χ0n) is 25.0. The SMILES string of the molecule is COC(=O)c1cc(Cl)c2nc(CN3CCN(c4cccc5c4O[C@@](C)(c4ccc(Cl)cn4)O5)[C@@H]4CC[C@@H]43)n(C[C@@H]3CCO3)c2c1. The number of fused-ring (bicyclic) bond motifs is 3. The predicted molar refractivity (Wildman–Crippen MR) is 169 cm³/mol. The number of carbonyl (C=O) groups is 1. The Bertz CT molecular complexity index is 1790. The number of methoxy groups -OCH3 is 1. The molecule has 0 amide bonds. The minimum absolute atomic E-state index is 0.117. The number of hydrogen-bond acceptors (Lipinski definition) is 9. The van der Waals surface area contributed by atoms with Gasteiger partial charge in [-0.25, -0.2) is 9.78 Å². The highest BCUT2D eigenvalue weighted by Crippen LogP contribution is 2.51. The van der Waals surface area contributed by atoms with Gasteiger partial charge in [-0.2, -0.15) is 0 Å². The van der Waals surface area contributed by atoms with Crippen LogP contribution in [-0.4, -0.2) is 70.4 Å². The number of halogens is 2. The summed E-state index contributed by atoms with van der Waals surface area (Å²) in [5, 5.41) is 1.00. The molecular formula is C33H33Cl2N5O5. The van der Waals surface area contributed by atoms with Crippen molar-refractivity contribution in [2.45, 2.75) is 63.3 Å². The summed E-state index contributed by atoms with van der Waals surface area (Å²) in [6.07, 6.45) is 4.90. The average Bonchev–Trinajstić information content (AvgIpc) is 3.53. The van der Waals surface area contributed by atoms with Crippen molar-refractivity contribution in [2.24, 2.45) is 0 Å². The molecule has 234 valence electrons. The van der Waals surface area contributed by atoms with Crippen LogP contribution in [-0.2, 0) is 28.4 Å². The summed E-state index contributed by atoms with van der Waals surface area (Å²) in [4.78, 5) is 26.9. The van der Waals surface area contributed by atoms with Gasteiger partial charge in [0.2, 0.25) is 0 Å². The predicted octanol–water partition coefficient (Wildman–Crippen LogP) is 5.81. The van der Waals surface area contributed by atoms with Gasteiger partial charge in [-0.15, -0.1) is 0 Å². The van der Waals surface area contributed by atoms with Gasteiger partial charge in [0.05, 0.1) is 53.1 Å². The second kappa shape index (κ2) is 11.0. The van der Waals surface area contributed by atoms with E-state index < -0.39 is 11.8 Å². The van der Waals surface area contributed by atoms with Gasteiger partial charge < -0.3 is 28.4 Å². The second-order valence-electron chi connectivity index (χ2n) is 12.2. The van der Waals surface area contributed by atoms with Crippen molar-refractivity contribution in [3.63, 3.8) is 0 Å². The van der Waals surface area contributed by atoms with E-state index in [-0.39, 0.29) is 6.10 Å². The molecule has 0 unspecified atom stereocenters. The fourth-order valence-corrected chi connectivity index (χ4v) is 7.38. The van der Waals surface area contributed by atoms with Crippen molar-refractivity contribution in [3.8, 4) is 11.5 Å². The number of benzene rings is 2. The van der Waals surface area contributed by atoms with Crippen LogP contribution in [0.2, 0.25) is 10.0 Å². The van der Waals surface area contributed by atoms with Gasteiger partial charge in [-0.05, 0) is 55.7 Å². The number of carbonyl (C=O) groups excluding carboxylic acids is 1. The van der Waals surface area contributed by atoms with Gasteiger partial charge in [0.1, 0.15) is 17.0 Å². The first-order chi connectivity index (χ1) is 21.8. The van der Waals surface area contributed by atoms with Crippen LogP contribution in [0.15, 0.2) is 48.7 Å². The van der Waals surface area contributed by atoms with E-state index in [1.54, 1.807) is 18.3 Å². The molecule has 2 saturated heterocycles. The second-order valence-corrected chi connectivity index (χ2v) is 13.1. The summed E-state index contributed by atoms with van der Waals surface area (Å²) in [6.45, 7) is 5.67. The first-order valence-electron chi connectivity index (χ1n) is 15.3. The van der Waals surface area contributed by atoms with Gasteiger partial charge >= 0.3 is 5.97 Å². The van der Waals surface area contributed by atoms with Crippen LogP contribution in [0.25, 0.3) is 11.0 Å². The normalized spacial score (nSPS) is 25.5. The van der Waals surface area contributed by atoms with Gasteiger partial charge in [-0.3, -0.25) is 9.88 Å². The number of nitrogens with zero attached hydrogens (tertiary/aromatic N) is 5. The first-order valence-corrected chi connectivity index (χ1v) is 16.1. The Kier molecular flexibility index (Phi) is 7.09. The van der Waals surface area contributed by atoms with Crippen molar-refractivity contribution < 1.29 is 23.7 Å². The molecule has 8 rings (SSSR count). The van der Waals surface area contributed by atoms with Gasteiger partial charge in [-0.1, -0.05) is 29.3 Å². The Morgan fingerprint density at radius 1 is 1.09 bits per heavy atom. The number of ether oxygens (including phenoxy) is 4. The third-order valence-corrected chi connectivity index (χ3v) is 10.1. The maximum absolute atomic E-state index is 12.4. The van der Waals surface area contributed by atoms with Crippen LogP contribution in [0.5, 0.6) is 11.5 Å². The minimum atomic E-state index is -1.04. The molecule has 10 nitrogen and oxygen atoms in total. The quantitative estimate of drug-likeness (QED) is 0.230. The average molecular weight is 651 g/mol. The summed E-state index contributed by atoms with van der Waals surface area (Å²) in [5.74, 6) is 0.914. The van der Waals surface area contributed by atoms with Crippen molar-refractivity contribution in [3.05, 3.63) is 75.8 Å². The topological polar surface area (TPSA) is 91.2 Å². The molecule has 4 aliphatic rings. The lowest BCUT2D eigenvalue weighted by Crippen LogP contribution is -2.64. The Morgan fingerprint density at radius 3 is 2.64 bits per heavy atom. The zero-order valence-corrected chi connectivity index (χ0v) is 26.6. The summed E-state index contributed by atoms with van der Waals surface area (Å²) in [5.41, 5.74) is 3.63. The van der Waals surface area contributed by atoms with Gasteiger partial charge in [0.25, 0.3) is 5.79 Å². The molecule has 0 bridgehead atoms. The Balaban J connectivity index is 1.06. The van der Waals surface area contributed by atoms with Crippen molar-refractivity contribution in [1.29, 1.82) is 0 Å². The van der Waals surface area contributed by atoms with Gasteiger partial charge in [0, 0.05) is 44.9 Å². The third-order valence-electron chi connectivity index (χ3n) is 9.59. The molecule has 4 aromatic rings. The van der Waals surface area contributed by atoms with Crippen molar-refractivity contribution >= 4 is 45.9 Å². The molecule has 1 saturated carbocycles. The van der Waals surface area contributed by atoms with Crippen LogP contribution < -0.4 is 14.4 Å². The Morgan fingerprint density at radius 2 is 1.93 bits per heavy atom. The van der Waals surface area contributed by atoms with E-state index in [0.717, 1.165) is 61.7 Å². The molecule has 0 radical (unpaired) electrons. The van der Waals surface area contributed by atoms with Gasteiger partial charge in [0.15, 0.2) is 11.5 Å². The molecule has 1 aliphatic carbocycles. The van der Waals surface area contributed by atoms with E-state index in [4.69, 9.17) is 47.1 Å². The lowest BCUT2D eigenvalue weighted by atomic mass is 9.81. The van der Waals surface area contributed by atoms with E-state index in [1.807, 2.05) is 31.2 Å². The van der Waals surface area contributed by atoms with Crippen molar-refractivity contribution in [2.75, 3.05) is 31.7 Å². The highest BCUT2D eigenvalue weighted by atomic mass is 35.5. The monoisotopic (exact) mass is 649 g/mol. The number of esters is 1. The maximum Gasteiger partial charge on any atom is 0.337 e. The number of piperazine rings is 1. The third kappa shape index (κ3) is 4.90. The lowest BCUT2D eigenvalue weighted by Gasteiger charge is -2.54. The summed E-state index contributed by atoms with van der Waals surface area (Å²) in [6, 6.07) is 13.9. The van der Waals surface area contributed by atoms with Crippen LogP contribution in [0, 0.1) is 0 Å². The fraction of sp³-hybridized carbons (Fsp3) is 0.424. The first kappa shape index (κ1) is 28.9. The molecule has 4 atom stereocenters. The lowest BCUT2D eigenvalue weighted by molar-refractivity contribution is -0.0717. The molecule has 2 aromatic heterocycles. The molecule has 0 spiro atoms. The van der Waals surface area contributed by atoms with Crippen LogP contribution >= 0.6 is 23.2 Å². The standard InChI is InChI=1S/C33H33Cl2N5O5/c1-33(28-9-6-20(34)16-36-28)44-27-5-3-4-25(31(27)45-33)39-12-11-38(23-7-8-24(23)39)18-29-37-30-22(35)14-19(32(41)42-2)15-26(30)40(29)17-21-10-13-43-21/h3-6,9,14-16,21,23-24H,7-8,10-13,17-18H2,1-2H3/t21-,23-,24+,33-/m0/s1. The van der Waals surface area contributed by atoms with E-state index >= 15 is 0 Å². The number of rotatable bonds is 7. The van der Waals surface area contributed by atoms with E-state index in [0.29, 0.717) is 57.7 Å². The van der Waals surface area contributed by atoms with Crippen molar-refractivity contribution in [1.82, 2.24) is 19.4 Å². The largest absolute Gasteiger partial charge is 0.465 e. The summed E-state index contributed by atoms with van der Waals surface area (Å²) >= 11 is 12.8. The molecule has 3 aliphatic heterocycles. The number of pyridine rings is 1. The number of para-hydroxylation sites is 1. The fourth-order valence-electron chi connectivity index (χ4n) is 7.01. The summed E-state index contributed by atoms with van der Waals surface area (Å²) in [7, 11) is 1.37. The summed E-state index contributed by atoms with van der Waals surface area (Å²) < 4.78 is 25.8. The Hall–Kier alpha value is -3.57. The minimum Gasteiger partial charge on any atom is -0.465 e. The number of aromatic nitrogens is 3. The highest BCUT2D eigenvalue weighted by molar-refractivity contribution is 6.35. The number of imidazole rings is 1. The zero-order chi connectivity index (χ0) is 30.9. The van der Waals surface area contributed by atoms with E-state index in [2.05, 4.69) is 25.4 Å². The Labute approximate surface area is 270 Å². The van der Waals surface area contributed by atoms with Crippen LogP contribution in [0.1, 0.15) is 48.1 Å². The molecule has 0 N–H and O–H groups in total. The van der Waals surface area contributed by atoms with Crippen LogP contribution in [0.4, 0.5) is 5.69 Å². The smallest absolute Gasteiger partial charge is 0.337 e. The van der Waals surface area contributed by atoms with E-state index in [9.17, 15) is 4.79 Å². The highest BCUT2D eigenvalue weighted by Gasteiger charge is 2.47. The molecule has 5 heterocycles. The molecule has 45 heavy (non-hydrogen) atoms. The molecule has 3 fully saturated rings. The maximum atomic E-state index is 12.4. The molecular weight excluding hydrogens is 617 g/mol. The number of anilines is 1. The molecule has 12 heteroatoms. The number of hydrogen-bond donors (Lipinski definition) is 0. The van der Waals surface area contributed by atoms with Crippen LogP contribution in [0.3, 0.4) is 0 Å². The van der Waals surface area contributed by atoms with E-state index in [1.165, 1.54) is 7.11 Å².